The number of hydrogen-bond donors (Lipinski definition) is 1. The molecule has 1 saturated heterocycles. The first-order valence-electron chi connectivity index (χ1n) is 7.82. The number of benzene rings is 1. The van der Waals surface area contributed by atoms with Crippen LogP contribution >= 0.6 is 11.6 Å². The zero-order chi connectivity index (χ0) is 17.2. The summed E-state index contributed by atoms with van der Waals surface area (Å²) in [6, 6.07) is 9.67. The second kappa shape index (κ2) is 6.94. The van der Waals surface area contributed by atoms with E-state index in [-0.39, 0.29) is 15.7 Å². The minimum absolute atomic E-state index is 0.0163. The van der Waals surface area contributed by atoms with Crippen molar-refractivity contribution < 1.29 is 8.42 Å². The standard InChI is InChI=1S/C16H19ClN4O2S/c1-12-8-10-21(11-9-12)16-7-6-15(18-19-16)20-24(22,23)14-5-3-2-4-13(14)17/h2-7,12H,8-11H2,1H3,(H,18,20). The zero-order valence-corrected chi connectivity index (χ0v) is 14.9. The van der Waals surface area contributed by atoms with E-state index in [9.17, 15) is 8.42 Å². The predicted molar refractivity (Wildman–Crippen MR) is 94.9 cm³/mol. The number of piperidine rings is 1. The van der Waals surface area contributed by atoms with Crippen LogP contribution in [0.25, 0.3) is 0 Å². The number of sulfonamides is 1. The number of anilines is 2. The molecular weight excluding hydrogens is 348 g/mol. The van der Waals surface area contributed by atoms with Crippen molar-refractivity contribution in [1.29, 1.82) is 0 Å². The van der Waals surface area contributed by atoms with Gasteiger partial charge in [-0.05, 0) is 43.0 Å². The van der Waals surface area contributed by atoms with Gasteiger partial charge in [0, 0.05) is 13.1 Å². The summed E-state index contributed by atoms with van der Waals surface area (Å²) in [6.45, 7) is 4.14. The molecule has 2 heterocycles. The molecule has 128 valence electrons. The van der Waals surface area contributed by atoms with Crippen LogP contribution in [0.2, 0.25) is 5.02 Å². The van der Waals surface area contributed by atoms with Crippen molar-refractivity contribution in [2.24, 2.45) is 5.92 Å². The molecule has 3 rings (SSSR count). The summed E-state index contributed by atoms with van der Waals surface area (Å²) in [6.07, 6.45) is 2.26. The molecule has 0 spiro atoms. The van der Waals surface area contributed by atoms with Gasteiger partial charge in [-0.1, -0.05) is 30.7 Å². The van der Waals surface area contributed by atoms with Gasteiger partial charge in [0.2, 0.25) is 0 Å². The average Bonchev–Trinajstić information content (AvgIpc) is 2.56. The van der Waals surface area contributed by atoms with Crippen molar-refractivity contribution in [3.8, 4) is 0 Å². The van der Waals surface area contributed by atoms with Crippen LogP contribution in [0, 0.1) is 5.92 Å². The molecule has 0 amide bonds. The van der Waals surface area contributed by atoms with Crippen LogP contribution in [0.15, 0.2) is 41.3 Å². The minimum Gasteiger partial charge on any atom is -0.355 e. The molecule has 0 bridgehead atoms. The second-order valence-electron chi connectivity index (χ2n) is 5.98. The van der Waals surface area contributed by atoms with Crippen LogP contribution in [0.5, 0.6) is 0 Å². The summed E-state index contributed by atoms with van der Waals surface area (Å²) in [5.74, 6) is 1.67. The van der Waals surface area contributed by atoms with Crippen molar-refractivity contribution in [2.45, 2.75) is 24.7 Å². The van der Waals surface area contributed by atoms with Crippen molar-refractivity contribution >= 4 is 33.3 Å². The average molecular weight is 367 g/mol. The Morgan fingerprint density at radius 2 is 1.83 bits per heavy atom. The van der Waals surface area contributed by atoms with Crippen molar-refractivity contribution in [3.63, 3.8) is 0 Å². The second-order valence-corrected chi connectivity index (χ2v) is 8.04. The summed E-state index contributed by atoms with van der Waals surface area (Å²) in [5, 5.41) is 8.30. The molecule has 1 aromatic heterocycles. The number of nitrogens with zero attached hydrogens (tertiary/aromatic N) is 3. The Labute approximate surface area is 146 Å². The normalized spacial score (nSPS) is 16.2. The van der Waals surface area contributed by atoms with Gasteiger partial charge in [-0.3, -0.25) is 4.72 Å². The highest BCUT2D eigenvalue weighted by Crippen LogP contribution is 2.24. The SMILES string of the molecule is CC1CCN(c2ccc(NS(=O)(=O)c3ccccc3Cl)nn2)CC1. The maximum absolute atomic E-state index is 12.4. The molecular formula is C16H19ClN4O2S. The van der Waals surface area contributed by atoms with E-state index in [0.29, 0.717) is 0 Å². The molecule has 8 heteroatoms. The van der Waals surface area contributed by atoms with Crippen LogP contribution in [0.4, 0.5) is 11.6 Å². The lowest BCUT2D eigenvalue weighted by Gasteiger charge is -2.30. The largest absolute Gasteiger partial charge is 0.355 e. The lowest BCUT2D eigenvalue weighted by Crippen LogP contribution is -2.33. The summed E-state index contributed by atoms with van der Waals surface area (Å²) in [5.41, 5.74) is 0. The summed E-state index contributed by atoms with van der Waals surface area (Å²) in [7, 11) is -3.79. The van der Waals surface area contributed by atoms with Gasteiger partial charge in [0.15, 0.2) is 11.6 Å². The molecule has 0 unspecified atom stereocenters. The van der Waals surface area contributed by atoms with E-state index in [0.717, 1.165) is 37.7 Å². The molecule has 6 nitrogen and oxygen atoms in total. The molecule has 0 radical (unpaired) electrons. The molecule has 2 aromatic rings. The van der Waals surface area contributed by atoms with E-state index in [1.54, 1.807) is 24.3 Å². The first-order chi connectivity index (χ1) is 11.5. The third-order valence-electron chi connectivity index (χ3n) is 4.12. The summed E-state index contributed by atoms with van der Waals surface area (Å²) < 4.78 is 27.2. The highest BCUT2D eigenvalue weighted by Gasteiger charge is 2.20. The Kier molecular flexibility index (Phi) is 4.91. The van der Waals surface area contributed by atoms with Crippen LogP contribution in [0.3, 0.4) is 0 Å². The fourth-order valence-corrected chi connectivity index (χ4v) is 4.16. The van der Waals surface area contributed by atoms with Crippen molar-refractivity contribution in [1.82, 2.24) is 10.2 Å². The zero-order valence-electron chi connectivity index (χ0n) is 13.3. The van der Waals surface area contributed by atoms with Crippen LogP contribution in [-0.4, -0.2) is 31.7 Å². The van der Waals surface area contributed by atoms with Crippen molar-refractivity contribution in [2.75, 3.05) is 22.7 Å². The van der Waals surface area contributed by atoms with E-state index in [1.165, 1.54) is 12.1 Å². The fourth-order valence-electron chi connectivity index (χ4n) is 2.64. The Hall–Kier alpha value is -1.86. The first kappa shape index (κ1) is 17.0. The molecule has 1 fully saturated rings. The van der Waals surface area contributed by atoms with E-state index in [4.69, 9.17) is 11.6 Å². The molecule has 1 aliphatic rings. The van der Waals surface area contributed by atoms with Gasteiger partial charge in [-0.15, -0.1) is 10.2 Å². The molecule has 1 aliphatic heterocycles. The first-order valence-corrected chi connectivity index (χ1v) is 9.68. The van der Waals surface area contributed by atoms with Gasteiger partial charge >= 0.3 is 0 Å². The third kappa shape index (κ3) is 3.79. The third-order valence-corrected chi connectivity index (χ3v) is 5.98. The lowest BCUT2D eigenvalue weighted by atomic mass is 9.99. The Bertz CT molecular complexity index is 803. The Morgan fingerprint density at radius 3 is 2.46 bits per heavy atom. The van der Waals surface area contributed by atoms with E-state index in [1.807, 2.05) is 0 Å². The number of aromatic nitrogens is 2. The lowest BCUT2D eigenvalue weighted by molar-refractivity contribution is 0.436. The highest BCUT2D eigenvalue weighted by atomic mass is 35.5. The molecule has 1 aromatic carbocycles. The van der Waals surface area contributed by atoms with Crippen LogP contribution in [-0.2, 0) is 10.0 Å². The van der Waals surface area contributed by atoms with Gasteiger partial charge in [0.1, 0.15) is 4.90 Å². The van der Waals surface area contributed by atoms with Crippen molar-refractivity contribution in [3.05, 3.63) is 41.4 Å². The Balaban J connectivity index is 1.73. The molecule has 0 atom stereocenters. The fraction of sp³-hybridized carbons (Fsp3) is 0.375. The number of halogens is 1. The quantitative estimate of drug-likeness (QED) is 0.899. The number of hydrogen-bond acceptors (Lipinski definition) is 5. The van der Waals surface area contributed by atoms with E-state index < -0.39 is 10.0 Å². The molecule has 0 aliphatic carbocycles. The number of nitrogens with one attached hydrogen (secondary N) is 1. The molecule has 0 saturated carbocycles. The number of rotatable bonds is 4. The minimum atomic E-state index is -3.79. The maximum atomic E-state index is 12.4. The van der Waals surface area contributed by atoms with E-state index >= 15 is 0 Å². The van der Waals surface area contributed by atoms with Crippen LogP contribution < -0.4 is 9.62 Å². The van der Waals surface area contributed by atoms with E-state index in [2.05, 4.69) is 26.7 Å². The predicted octanol–water partition coefficient (Wildman–Crippen LogP) is 3.17. The smallest absolute Gasteiger partial charge is 0.264 e. The summed E-state index contributed by atoms with van der Waals surface area (Å²) >= 11 is 5.95. The molecule has 1 N–H and O–H groups in total. The van der Waals surface area contributed by atoms with Gasteiger partial charge < -0.3 is 4.90 Å². The van der Waals surface area contributed by atoms with Gasteiger partial charge in [-0.25, -0.2) is 8.42 Å². The Morgan fingerprint density at radius 1 is 1.12 bits per heavy atom. The van der Waals surface area contributed by atoms with Gasteiger partial charge in [0.25, 0.3) is 10.0 Å². The maximum Gasteiger partial charge on any atom is 0.264 e. The van der Waals surface area contributed by atoms with Gasteiger partial charge in [-0.2, -0.15) is 0 Å². The topological polar surface area (TPSA) is 75.2 Å². The monoisotopic (exact) mass is 366 g/mol. The molecule has 24 heavy (non-hydrogen) atoms. The highest BCUT2D eigenvalue weighted by molar-refractivity contribution is 7.92. The summed E-state index contributed by atoms with van der Waals surface area (Å²) in [4.78, 5) is 2.18. The van der Waals surface area contributed by atoms with Crippen LogP contribution in [0.1, 0.15) is 19.8 Å². The van der Waals surface area contributed by atoms with Gasteiger partial charge in [0.05, 0.1) is 5.02 Å².